The molecule has 0 aliphatic heterocycles. The van der Waals surface area contributed by atoms with Crippen LogP contribution in [0.15, 0.2) is 0 Å². The van der Waals surface area contributed by atoms with Gasteiger partial charge < -0.3 is 14.6 Å². The molecule has 0 saturated carbocycles. The van der Waals surface area contributed by atoms with E-state index in [0.29, 0.717) is 19.6 Å². The standard InChI is InChI=1S/C43H86O4/c1-3-5-7-9-11-13-15-17-19-20-21-22-23-24-26-28-30-32-34-36-38-43(45)47-42(40-44)41-46-39-37-35-33-31-29-27-25-18-16-14-12-10-8-6-4-2/h42,44H,3-41H2,1-2H3. The van der Waals surface area contributed by atoms with Crippen molar-refractivity contribution in [2.24, 2.45) is 0 Å². The average molecular weight is 667 g/mol. The van der Waals surface area contributed by atoms with Crippen molar-refractivity contribution >= 4 is 5.97 Å². The van der Waals surface area contributed by atoms with E-state index in [1.54, 1.807) is 0 Å². The van der Waals surface area contributed by atoms with E-state index in [2.05, 4.69) is 13.8 Å². The van der Waals surface area contributed by atoms with Crippen molar-refractivity contribution in [2.45, 2.75) is 251 Å². The lowest BCUT2D eigenvalue weighted by Gasteiger charge is -2.16. The molecule has 0 aliphatic carbocycles. The Bertz CT molecular complexity index is 580. The molecule has 0 saturated heterocycles. The summed E-state index contributed by atoms with van der Waals surface area (Å²) in [6.45, 7) is 5.40. The lowest BCUT2D eigenvalue weighted by atomic mass is 10.0. The van der Waals surface area contributed by atoms with Crippen molar-refractivity contribution in [3.8, 4) is 0 Å². The maximum atomic E-state index is 12.2. The quantitative estimate of drug-likeness (QED) is 0.0521. The van der Waals surface area contributed by atoms with Crippen molar-refractivity contribution in [2.75, 3.05) is 19.8 Å². The third kappa shape index (κ3) is 39.7. The smallest absolute Gasteiger partial charge is 0.306 e. The summed E-state index contributed by atoms with van der Waals surface area (Å²) in [6, 6.07) is 0. The second-order valence-electron chi connectivity index (χ2n) is 14.8. The second kappa shape index (κ2) is 41.6. The summed E-state index contributed by atoms with van der Waals surface area (Å²) >= 11 is 0. The van der Waals surface area contributed by atoms with Crippen molar-refractivity contribution in [1.82, 2.24) is 0 Å². The summed E-state index contributed by atoms with van der Waals surface area (Å²) in [5, 5.41) is 9.59. The zero-order valence-electron chi connectivity index (χ0n) is 32.3. The number of rotatable bonds is 41. The van der Waals surface area contributed by atoms with Gasteiger partial charge in [0, 0.05) is 13.0 Å². The van der Waals surface area contributed by atoms with Crippen molar-refractivity contribution in [3.05, 3.63) is 0 Å². The van der Waals surface area contributed by atoms with Gasteiger partial charge in [-0.15, -0.1) is 0 Å². The normalized spacial score (nSPS) is 12.1. The highest BCUT2D eigenvalue weighted by Gasteiger charge is 2.13. The van der Waals surface area contributed by atoms with Crippen LogP contribution < -0.4 is 0 Å². The van der Waals surface area contributed by atoms with Gasteiger partial charge in [0.1, 0.15) is 6.10 Å². The van der Waals surface area contributed by atoms with Gasteiger partial charge in [-0.2, -0.15) is 0 Å². The van der Waals surface area contributed by atoms with E-state index in [0.717, 1.165) is 19.3 Å². The lowest BCUT2D eigenvalue weighted by molar-refractivity contribution is -0.154. The van der Waals surface area contributed by atoms with Crippen molar-refractivity contribution in [1.29, 1.82) is 0 Å². The van der Waals surface area contributed by atoms with Gasteiger partial charge in [-0.25, -0.2) is 0 Å². The van der Waals surface area contributed by atoms with Gasteiger partial charge in [0.2, 0.25) is 0 Å². The Morgan fingerprint density at radius 1 is 0.426 bits per heavy atom. The topological polar surface area (TPSA) is 55.8 Å². The number of ether oxygens (including phenoxy) is 2. The number of esters is 1. The van der Waals surface area contributed by atoms with Gasteiger partial charge in [0.15, 0.2) is 0 Å². The lowest BCUT2D eigenvalue weighted by Crippen LogP contribution is -2.27. The number of carbonyl (C=O) groups is 1. The van der Waals surface area contributed by atoms with E-state index in [4.69, 9.17) is 9.47 Å². The molecule has 0 aromatic rings. The molecule has 0 bridgehead atoms. The molecule has 4 heteroatoms. The van der Waals surface area contributed by atoms with Gasteiger partial charge in [-0.05, 0) is 12.8 Å². The van der Waals surface area contributed by atoms with Crippen molar-refractivity contribution in [3.63, 3.8) is 0 Å². The Kier molecular flexibility index (Phi) is 41.0. The summed E-state index contributed by atoms with van der Waals surface area (Å²) in [5.74, 6) is -0.193. The van der Waals surface area contributed by atoms with Gasteiger partial charge in [0.05, 0.1) is 13.2 Å². The molecular weight excluding hydrogens is 580 g/mol. The first-order valence-corrected chi connectivity index (χ1v) is 21.6. The molecule has 4 nitrogen and oxygen atoms in total. The summed E-state index contributed by atoms with van der Waals surface area (Å²) in [4.78, 5) is 12.2. The number of aliphatic hydroxyl groups excluding tert-OH is 1. The summed E-state index contributed by atoms with van der Waals surface area (Å²) in [6.07, 6.45) is 47.3. The summed E-state index contributed by atoms with van der Waals surface area (Å²) in [5.41, 5.74) is 0. The Labute approximate surface area is 295 Å². The summed E-state index contributed by atoms with van der Waals surface area (Å²) in [7, 11) is 0. The van der Waals surface area contributed by atoms with Crippen molar-refractivity contribution < 1.29 is 19.4 Å². The van der Waals surface area contributed by atoms with Crippen LogP contribution in [-0.2, 0) is 14.3 Å². The molecule has 282 valence electrons. The highest BCUT2D eigenvalue weighted by atomic mass is 16.6. The molecule has 0 aromatic heterocycles. The first kappa shape index (κ1) is 46.4. The van der Waals surface area contributed by atoms with Crippen LogP contribution in [0.4, 0.5) is 0 Å². The fraction of sp³-hybridized carbons (Fsp3) is 0.977. The highest BCUT2D eigenvalue weighted by molar-refractivity contribution is 5.69. The molecule has 0 rings (SSSR count). The van der Waals surface area contributed by atoms with E-state index >= 15 is 0 Å². The van der Waals surface area contributed by atoms with Gasteiger partial charge >= 0.3 is 5.97 Å². The SMILES string of the molecule is CCCCCCCCCCCCCCCCCCCCCCC(=O)OC(CO)COCCCCCCCCCCCCCCCCC. The molecule has 0 radical (unpaired) electrons. The van der Waals surface area contributed by atoms with Crippen LogP contribution in [0.2, 0.25) is 0 Å². The van der Waals surface area contributed by atoms with E-state index in [1.165, 1.54) is 205 Å². The van der Waals surface area contributed by atoms with E-state index in [-0.39, 0.29) is 12.6 Å². The number of carbonyl (C=O) groups excluding carboxylic acids is 1. The molecule has 0 amide bonds. The molecule has 0 heterocycles. The third-order valence-electron chi connectivity index (χ3n) is 9.93. The number of unbranched alkanes of at least 4 members (excludes halogenated alkanes) is 33. The molecular formula is C43H86O4. The van der Waals surface area contributed by atoms with E-state index in [1.807, 2.05) is 0 Å². The minimum absolute atomic E-state index is 0.163. The monoisotopic (exact) mass is 667 g/mol. The Balaban J connectivity index is 3.35. The van der Waals surface area contributed by atoms with Gasteiger partial charge in [0.25, 0.3) is 0 Å². The average Bonchev–Trinajstić information content (AvgIpc) is 3.08. The second-order valence-corrected chi connectivity index (χ2v) is 14.8. The zero-order valence-corrected chi connectivity index (χ0v) is 32.3. The molecule has 0 spiro atoms. The third-order valence-corrected chi connectivity index (χ3v) is 9.93. The minimum Gasteiger partial charge on any atom is -0.457 e. The van der Waals surface area contributed by atoms with Crippen LogP contribution in [-0.4, -0.2) is 37.0 Å². The van der Waals surface area contributed by atoms with Gasteiger partial charge in [-0.3, -0.25) is 4.79 Å². The largest absolute Gasteiger partial charge is 0.457 e. The predicted octanol–water partition coefficient (Wildman–Crippen LogP) is 14.0. The molecule has 1 unspecified atom stereocenters. The Morgan fingerprint density at radius 2 is 0.702 bits per heavy atom. The number of hydrogen-bond donors (Lipinski definition) is 1. The Morgan fingerprint density at radius 3 is 1.00 bits per heavy atom. The number of hydrogen-bond acceptors (Lipinski definition) is 4. The first-order chi connectivity index (χ1) is 23.2. The molecule has 47 heavy (non-hydrogen) atoms. The van der Waals surface area contributed by atoms with Crippen LogP contribution >= 0.6 is 0 Å². The fourth-order valence-electron chi connectivity index (χ4n) is 6.68. The molecule has 0 aliphatic rings. The molecule has 1 N–H and O–H groups in total. The van der Waals surface area contributed by atoms with E-state index < -0.39 is 6.10 Å². The van der Waals surface area contributed by atoms with Crippen LogP contribution in [0.5, 0.6) is 0 Å². The highest BCUT2D eigenvalue weighted by Crippen LogP contribution is 2.16. The van der Waals surface area contributed by atoms with Crippen LogP contribution in [0, 0.1) is 0 Å². The zero-order chi connectivity index (χ0) is 34.1. The minimum atomic E-state index is -0.524. The predicted molar refractivity (Wildman–Crippen MR) is 205 cm³/mol. The van der Waals surface area contributed by atoms with Crippen LogP contribution in [0.3, 0.4) is 0 Å². The van der Waals surface area contributed by atoms with E-state index in [9.17, 15) is 9.90 Å². The Hall–Kier alpha value is -0.610. The maximum Gasteiger partial charge on any atom is 0.306 e. The van der Waals surface area contributed by atoms with Crippen LogP contribution in [0.1, 0.15) is 245 Å². The summed E-state index contributed by atoms with van der Waals surface area (Å²) < 4.78 is 11.2. The molecule has 0 aromatic carbocycles. The van der Waals surface area contributed by atoms with Gasteiger partial charge in [-0.1, -0.05) is 226 Å². The van der Waals surface area contributed by atoms with Crippen LogP contribution in [0.25, 0.3) is 0 Å². The first-order valence-electron chi connectivity index (χ1n) is 21.6. The molecule has 0 fully saturated rings. The maximum absolute atomic E-state index is 12.2. The number of aliphatic hydroxyl groups is 1. The molecule has 1 atom stereocenters. The fourth-order valence-corrected chi connectivity index (χ4v) is 6.68.